The average molecular weight is 284 g/mol. The molecule has 6 nitrogen and oxygen atoms in total. The predicted octanol–water partition coefficient (Wildman–Crippen LogP) is 0.730. The minimum Gasteiger partial charge on any atom is -0.396 e. The van der Waals surface area contributed by atoms with E-state index < -0.39 is 20.9 Å². The molecule has 1 aliphatic rings. The third-order valence-corrected chi connectivity index (χ3v) is 5.73. The van der Waals surface area contributed by atoms with E-state index in [1.807, 2.05) is 0 Å². The molecule has 1 aromatic carbocycles. The molecule has 0 saturated carbocycles. The number of nitrogens with zero attached hydrogens (tertiary/aromatic N) is 3. The van der Waals surface area contributed by atoms with Crippen LogP contribution in [-0.4, -0.2) is 34.4 Å². The summed E-state index contributed by atoms with van der Waals surface area (Å²) in [5.41, 5.74) is 6.39. The van der Waals surface area contributed by atoms with E-state index >= 15 is 0 Å². The Morgan fingerprint density at radius 1 is 1.47 bits per heavy atom. The summed E-state index contributed by atoms with van der Waals surface area (Å²) in [5.74, 6) is -0.337. The molecule has 1 aliphatic heterocycles. The van der Waals surface area contributed by atoms with Crippen molar-refractivity contribution in [2.24, 2.45) is 0 Å². The van der Waals surface area contributed by atoms with E-state index in [0.717, 1.165) is 0 Å². The molecule has 0 amide bonds. The molecule has 1 aromatic heterocycles. The molecule has 0 spiro atoms. The Labute approximate surface area is 109 Å². The van der Waals surface area contributed by atoms with Gasteiger partial charge in [0.15, 0.2) is 9.84 Å². The van der Waals surface area contributed by atoms with E-state index in [2.05, 4.69) is 10.3 Å². The van der Waals surface area contributed by atoms with Crippen molar-refractivity contribution in [2.75, 3.05) is 11.5 Å². The van der Waals surface area contributed by atoms with Crippen LogP contribution in [-0.2, 0) is 16.4 Å². The van der Waals surface area contributed by atoms with Crippen molar-refractivity contribution in [1.82, 2.24) is 15.0 Å². The van der Waals surface area contributed by atoms with Crippen LogP contribution in [0.1, 0.15) is 12.8 Å². The van der Waals surface area contributed by atoms with E-state index in [4.69, 9.17) is 5.73 Å². The van der Waals surface area contributed by atoms with Crippen molar-refractivity contribution in [3.05, 3.63) is 17.9 Å². The number of fused-ring (bicyclic) bond motifs is 1. The number of hydrogen-bond acceptors (Lipinski definition) is 5. The van der Waals surface area contributed by atoms with Crippen LogP contribution in [0.5, 0.6) is 0 Å². The zero-order valence-electron chi connectivity index (χ0n) is 10.1. The lowest BCUT2D eigenvalue weighted by Gasteiger charge is -2.09. The molecular formula is C11H13FN4O2S. The van der Waals surface area contributed by atoms with Crippen molar-refractivity contribution >= 4 is 26.6 Å². The SMILES string of the molecule is Nc1cc2nnn(CC3CCCS3(=O)=O)c2cc1F. The van der Waals surface area contributed by atoms with Crippen LogP contribution in [0.15, 0.2) is 12.1 Å². The maximum absolute atomic E-state index is 13.5. The first-order valence-electron chi connectivity index (χ1n) is 5.97. The Balaban J connectivity index is 2.00. The lowest BCUT2D eigenvalue weighted by atomic mass is 10.2. The molecule has 0 radical (unpaired) electrons. The highest BCUT2D eigenvalue weighted by atomic mass is 32.2. The number of anilines is 1. The largest absolute Gasteiger partial charge is 0.396 e. The Morgan fingerprint density at radius 2 is 2.26 bits per heavy atom. The first-order valence-corrected chi connectivity index (χ1v) is 7.69. The van der Waals surface area contributed by atoms with Crippen LogP contribution < -0.4 is 5.73 Å². The Bertz CT molecular complexity index is 740. The van der Waals surface area contributed by atoms with Gasteiger partial charge >= 0.3 is 0 Å². The van der Waals surface area contributed by atoms with Gasteiger partial charge in [-0.25, -0.2) is 17.5 Å². The Morgan fingerprint density at radius 3 is 2.95 bits per heavy atom. The van der Waals surface area contributed by atoms with E-state index in [9.17, 15) is 12.8 Å². The Hall–Kier alpha value is -1.70. The molecule has 1 saturated heterocycles. The summed E-state index contributed by atoms with van der Waals surface area (Å²) < 4.78 is 38.5. The zero-order valence-corrected chi connectivity index (χ0v) is 10.9. The third-order valence-electron chi connectivity index (χ3n) is 3.47. The van der Waals surface area contributed by atoms with Crippen LogP contribution in [0.2, 0.25) is 0 Å². The van der Waals surface area contributed by atoms with E-state index in [1.54, 1.807) is 0 Å². The number of sulfone groups is 1. The molecule has 1 fully saturated rings. The van der Waals surface area contributed by atoms with E-state index in [-0.39, 0.29) is 18.0 Å². The topological polar surface area (TPSA) is 90.9 Å². The average Bonchev–Trinajstić information content (AvgIpc) is 2.86. The van der Waals surface area contributed by atoms with Gasteiger partial charge < -0.3 is 5.73 Å². The fourth-order valence-corrected chi connectivity index (χ4v) is 4.19. The van der Waals surface area contributed by atoms with E-state index in [0.29, 0.717) is 23.9 Å². The molecule has 0 aliphatic carbocycles. The summed E-state index contributed by atoms with van der Waals surface area (Å²) in [6.07, 6.45) is 1.28. The van der Waals surface area contributed by atoms with Gasteiger partial charge in [-0.2, -0.15) is 0 Å². The van der Waals surface area contributed by atoms with Crippen molar-refractivity contribution in [3.63, 3.8) is 0 Å². The lowest BCUT2D eigenvalue weighted by molar-refractivity contribution is 0.540. The summed E-state index contributed by atoms with van der Waals surface area (Å²) in [6, 6.07) is 2.64. The minimum absolute atomic E-state index is 0.00744. The maximum Gasteiger partial charge on any atom is 0.154 e. The highest BCUT2D eigenvalue weighted by Gasteiger charge is 2.32. The van der Waals surface area contributed by atoms with Gasteiger partial charge in [0.2, 0.25) is 0 Å². The summed E-state index contributed by atoms with van der Waals surface area (Å²) >= 11 is 0. The first-order chi connectivity index (χ1) is 8.97. The summed E-state index contributed by atoms with van der Waals surface area (Å²) in [5, 5.41) is 7.31. The number of hydrogen-bond donors (Lipinski definition) is 1. The number of nitrogen functional groups attached to an aromatic ring is 1. The normalized spacial score (nSPS) is 22.1. The highest BCUT2D eigenvalue weighted by Crippen LogP contribution is 2.24. The van der Waals surface area contributed by atoms with Gasteiger partial charge in [0.05, 0.1) is 28.8 Å². The monoisotopic (exact) mass is 284 g/mol. The molecule has 3 rings (SSSR count). The molecule has 19 heavy (non-hydrogen) atoms. The predicted molar refractivity (Wildman–Crippen MR) is 68.7 cm³/mol. The van der Waals surface area contributed by atoms with Crippen molar-refractivity contribution < 1.29 is 12.8 Å². The molecule has 2 aromatic rings. The van der Waals surface area contributed by atoms with Gasteiger partial charge in [-0.1, -0.05) is 5.21 Å². The molecule has 1 unspecified atom stereocenters. The second kappa shape index (κ2) is 4.16. The molecule has 102 valence electrons. The second-order valence-corrected chi connectivity index (χ2v) is 7.17. The van der Waals surface area contributed by atoms with Gasteiger partial charge in [-0.05, 0) is 18.9 Å². The Kier molecular flexibility index (Phi) is 2.70. The number of rotatable bonds is 2. The maximum atomic E-state index is 13.5. The summed E-state index contributed by atoms with van der Waals surface area (Å²) in [7, 11) is -3.06. The first kappa shape index (κ1) is 12.3. The molecular weight excluding hydrogens is 271 g/mol. The number of aromatic nitrogens is 3. The minimum atomic E-state index is -3.06. The van der Waals surface area contributed by atoms with Crippen LogP contribution in [0.25, 0.3) is 11.0 Å². The number of nitrogens with two attached hydrogens (primary N) is 1. The smallest absolute Gasteiger partial charge is 0.154 e. The summed E-state index contributed by atoms with van der Waals surface area (Å²) in [6.45, 7) is 0.211. The fourth-order valence-electron chi connectivity index (χ4n) is 2.40. The molecule has 1 atom stereocenters. The molecule has 8 heteroatoms. The molecule has 2 heterocycles. The van der Waals surface area contributed by atoms with Gasteiger partial charge in [0.25, 0.3) is 0 Å². The standard InChI is InChI=1S/C11H13FN4O2S/c12-8-4-11-10(5-9(8)13)14-15-16(11)6-7-2-1-3-19(7,17)18/h4-5,7H,1-3,6,13H2. The fraction of sp³-hybridized carbons (Fsp3) is 0.455. The highest BCUT2D eigenvalue weighted by molar-refractivity contribution is 7.92. The lowest BCUT2D eigenvalue weighted by Crippen LogP contribution is -2.22. The molecule has 2 N–H and O–H groups in total. The van der Waals surface area contributed by atoms with Gasteiger partial charge in [-0.15, -0.1) is 5.10 Å². The molecule has 0 bridgehead atoms. The van der Waals surface area contributed by atoms with Gasteiger partial charge in [0.1, 0.15) is 11.3 Å². The third kappa shape index (κ3) is 2.05. The zero-order chi connectivity index (χ0) is 13.6. The second-order valence-electron chi connectivity index (χ2n) is 4.77. The quantitative estimate of drug-likeness (QED) is 0.821. The van der Waals surface area contributed by atoms with Crippen LogP contribution >= 0.6 is 0 Å². The van der Waals surface area contributed by atoms with Crippen molar-refractivity contribution in [3.8, 4) is 0 Å². The van der Waals surface area contributed by atoms with Crippen molar-refractivity contribution in [1.29, 1.82) is 0 Å². The van der Waals surface area contributed by atoms with Gasteiger partial charge in [-0.3, -0.25) is 0 Å². The number of benzene rings is 1. The van der Waals surface area contributed by atoms with Crippen LogP contribution in [0.3, 0.4) is 0 Å². The van der Waals surface area contributed by atoms with Crippen LogP contribution in [0.4, 0.5) is 10.1 Å². The van der Waals surface area contributed by atoms with Crippen LogP contribution in [0, 0.1) is 5.82 Å². The van der Waals surface area contributed by atoms with Gasteiger partial charge in [0, 0.05) is 6.07 Å². The summed E-state index contributed by atoms with van der Waals surface area (Å²) in [4.78, 5) is 0. The number of halogens is 1. The van der Waals surface area contributed by atoms with E-state index in [1.165, 1.54) is 16.8 Å². The van der Waals surface area contributed by atoms with Crippen molar-refractivity contribution in [2.45, 2.75) is 24.6 Å².